The third-order valence-electron chi connectivity index (χ3n) is 6.32. The Morgan fingerprint density at radius 1 is 1.30 bits per heavy atom. The monoisotopic (exact) mass is 272 g/mol. The van der Waals surface area contributed by atoms with Crippen LogP contribution < -0.4 is 0 Å². The highest BCUT2D eigenvalue weighted by Crippen LogP contribution is 2.61. The van der Waals surface area contributed by atoms with E-state index in [4.69, 9.17) is 0 Å². The van der Waals surface area contributed by atoms with Gasteiger partial charge in [-0.3, -0.25) is 0 Å². The summed E-state index contributed by atoms with van der Waals surface area (Å²) in [4.78, 5) is 0. The number of rotatable bonds is 3. The van der Waals surface area contributed by atoms with Crippen molar-refractivity contribution in [3.63, 3.8) is 0 Å². The van der Waals surface area contributed by atoms with Gasteiger partial charge >= 0.3 is 0 Å². The van der Waals surface area contributed by atoms with Crippen LogP contribution in [0.1, 0.15) is 66.2 Å². The van der Waals surface area contributed by atoms with Crippen LogP contribution in [-0.4, -0.2) is 0 Å². The van der Waals surface area contributed by atoms with E-state index in [0.29, 0.717) is 16.7 Å². The van der Waals surface area contributed by atoms with Crippen LogP contribution in [0.2, 0.25) is 0 Å². The Bertz CT molecular complexity index is 423. The van der Waals surface area contributed by atoms with Crippen molar-refractivity contribution in [1.82, 2.24) is 0 Å². The Hall–Kier alpha value is -0.780. The molecule has 0 radical (unpaired) electrons. The van der Waals surface area contributed by atoms with Gasteiger partial charge in [0, 0.05) is 0 Å². The van der Waals surface area contributed by atoms with Gasteiger partial charge in [0.25, 0.3) is 0 Å². The molecule has 1 unspecified atom stereocenters. The Morgan fingerprint density at radius 3 is 2.65 bits per heavy atom. The molecule has 0 saturated heterocycles. The lowest BCUT2D eigenvalue weighted by Crippen LogP contribution is -2.49. The quantitative estimate of drug-likeness (QED) is 0.417. The second-order valence-corrected chi connectivity index (χ2v) is 8.04. The highest BCUT2D eigenvalue weighted by Gasteiger charge is 2.52. The minimum atomic E-state index is 0.453. The maximum atomic E-state index is 4.43. The lowest BCUT2D eigenvalue weighted by Gasteiger charge is -2.58. The summed E-state index contributed by atoms with van der Waals surface area (Å²) in [6.07, 6.45) is 12.2. The second kappa shape index (κ2) is 5.54. The van der Waals surface area contributed by atoms with Crippen LogP contribution in [-0.2, 0) is 0 Å². The molecule has 0 aromatic rings. The summed E-state index contributed by atoms with van der Waals surface area (Å²) in [5.74, 6) is 1.52. The summed E-state index contributed by atoms with van der Waals surface area (Å²) in [6, 6.07) is 0. The molecule has 2 fully saturated rings. The largest absolute Gasteiger partial charge is 0.0995 e. The van der Waals surface area contributed by atoms with Gasteiger partial charge in [-0.05, 0) is 61.7 Å². The van der Waals surface area contributed by atoms with Crippen LogP contribution in [0.25, 0.3) is 0 Å². The summed E-state index contributed by atoms with van der Waals surface area (Å²) < 4.78 is 0. The minimum absolute atomic E-state index is 0.453. The molecule has 112 valence electrons. The summed E-state index contributed by atoms with van der Waals surface area (Å²) in [6.45, 7) is 18.0. The first-order chi connectivity index (χ1) is 9.31. The van der Waals surface area contributed by atoms with E-state index in [1.807, 2.05) is 6.08 Å². The van der Waals surface area contributed by atoms with Crippen molar-refractivity contribution in [3.8, 4) is 0 Å². The van der Waals surface area contributed by atoms with E-state index >= 15 is 0 Å². The molecule has 2 rings (SSSR count). The summed E-state index contributed by atoms with van der Waals surface area (Å²) in [5, 5.41) is 0. The molecule has 0 nitrogen and oxygen atoms in total. The van der Waals surface area contributed by atoms with Crippen molar-refractivity contribution < 1.29 is 0 Å². The second-order valence-electron chi connectivity index (χ2n) is 8.04. The van der Waals surface area contributed by atoms with E-state index in [0.717, 1.165) is 12.3 Å². The van der Waals surface area contributed by atoms with Crippen LogP contribution in [0.4, 0.5) is 0 Å². The molecule has 20 heavy (non-hydrogen) atoms. The van der Waals surface area contributed by atoms with Gasteiger partial charge in [-0.25, -0.2) is 0 Å². The van der Waals surface area contributed by atoms with Gasteiger partial charge in [0.15, 0.2) is 0 Å². The molecular formula is C20H32. The van der Waals surface area contributed by atoms with E-state index in [1.165, 1.54) is 43.3 Å². The standard InChI is InChI=1S/C20H32/c1-7-15(2)9-11-17-16(3)10-12-18-19(4,5)13-8-14-20(17,18)6/h7,9,17-18H,1,3,8,10-14H2,2,4-6H3/b15-9-/t17-,18-,20?/m1/s1. The SMILES string of the molecule is C=C/C(C)=C\C[C@@H]1C(=C)CC[C@@H]2C(C)(C)CCCC12C. The lowest BCUT2D eigenvalue weighted by molar-refractivity contribution is -0.0510. The first-order valence-electron chi connectivity index (χ1n) is 8.28. The zero-order valence-corrected chi connectivity index (χ0v) is 14.0. The van der Waals surface area contributed by atoms with E-state index in [2.05, 4.69) is 46.9 Å². The Labute approximate surface area is 126 Å². The minimum Gasteiger partial charge on any atom is -0.0995 e. The van der Waals surface area contributed by atoms with Gasteiger partial charge in [0.05, 0.1) is 0 Å². The average Bonchev–Trinajstić information content (AvgIpc) is 2.36. The number of hydrogen-bond donors (Lipinski definition) is 0. The normalized spacial score (nSPS) is 37.4. The Kier molecular flexibility index (Phi) is 4.33. The Morgan fingerprint density at radius 2 is 2.00 bits per heavy atom. The van der Waals surface area contributed by atoms with Crippen molar-refractivity contribution >= 4 is 0 Å². The van der Waals surface area contributed by atoms with E-state index in [9.17, 15) is 0 Å². The third kappa shape index (κ3) is 2.67. The van der Waals surface area contributed by atoms with E-state index < -0.39 is 0 Å². The van der Waals surface area contributed by atoms with Gasteiger partial charge in [-0.1, -0.05) is 63.6 Å². The molecule has 0 N–H and O–H groups in total. The molecule has 0 amide bonds. The zero-order chi connectivity index (χ0) is 15.0. The van der Waals surface area contributed by atoms with Gasteiger partial charge in [0.2, 0.25) is 0 Å². The fourth-order valence-electron chi connectivity index (χ4n) is 5.10. The third-order valence-corrected chi connectivity index (χ3v) is 6.32. The highest BCUT2D eigenvalue weighted by molar-refractivity contribution is 5.20. The van der Waals surface area contributed by atoms with Gasteiger partial charge in [0.1, 0.15) is 0 Å². The molecule has 2 aliphatic carbocycles. The van der Waals surface area contributed by atoms with Crippen LogP contribution in [0.15, 0.2) is 36.5 Å². The molecule has 2 aliphatic rings. The van der Waals surface area contributed by atoms with Crippen LogP contribution in [0, 0.1) is 22.7 Å². The molecule has 0 heteroatoms. The molecule has 0 bridgehead atoms. The van der Waals surface area contributed by atoms with Crippen molar-refractivity contribution in [2.45, 2.75) is 66.2 Å². The Balaban J connectivity index is 2.28. The number of hydrogen-bond acceptors (Lipinski definition) is 0. The van der Waals surface area contributed by atoms with E-state index in [1.54, 1.807) is 0 Å². The predicted octanol–water partition coefficient (Wildman–Crippen LogP) is 6.31. The number of allylic oxidation sites excluding steroid dienone is 4. The molecular weight excluding hydrogens is 240 g/mol. The van der Waals surface area contributed by atoms with Crippen LogP contribution in [0.5, 0.6) is 0 Å². The summed E-state index contributed by atoms with van der Waals surface area (Å²) in [7, 11) is 0. The lowest BCUT2D eigenvalue weighted by atomic mass is 9.47. The maximum Gasteiger partial charge on any atom is -0.0114 e. The fraction of sp³-hybridized carbons (Fsp3) is 0.700. The van der Waals surface area contributed by atoms with Crippen molar-refractivity contribution in [3.05, 3.63) is 36.5 Å². The summed E-state index contributed by atoms with van der Waals surface area (Å²) >= 11 is 0. The average molecular weight is 272 g/mol. The topological polar surface area (TPSA) is 0 Å². The number of fused-ring (bicyclic) bond motifs is 1. The molecule has 0 aromatic carbocycles. The van der Waals surface area contributed by atoms with Gasteiger partial charge in [-0.15, -0.1) is 0 Å². The molecule has 3 atom stereocenters. The molecule has 0 heterocycles. The summed E-state index contributed by atoms with van der Waals surface area (Å²) in [5.41, 5.74) is 3.76. The molecule has 0 aliphatic heterocycles. The predicted molar refractivity (Wildman–Crippen MR) is 89.7 cm³/mol. The first-order valence-corrected chi connectivity index (χ1v) is 8.28. The molecule has 0 aromatic heterocycles. The van der Waals surface area contributed by atoms with Crippen LogP contribution >= 0.6 is 0 Å². The fourth-order valence-corrected chi connectivity index (χ4v) is 5.10. The van der Waals surface area contributed by atoms with Crippen molar-refractivity contribution in [1.29, 1.82) is 0 Å². The smallest absolute Gasteiger partial charge is 0.0114 e. The van der Waals surface area contributed by atoms with Crippen LogP contribution in [0.3, 0.4) is 0 Å². The van der Waals surface area contributed by atoms with Crippen molar-refractivity contribution in [2.24, 2.45) is 22.7 Å². The maximum absolute atomic E-state index is 4.43. The molecule has 0 spiro atoms. The van der Waals surface area contributed by atoms with Gasteiger partial charge in [-0.2, -0.15) is 0 Å². The van der Waals surface area contributed by atoms with Gasteiger partial charge < -0.3 is 0 Å². The zero-order valence-electron chi connectivity index (χ0n) is 14.0. The van der Waals surface area contributed by atoms with Crippen molar-refractivity contribution in [2.75, 3.05) is 0 Å². The molecule has 2 saturated carbocycles. The highest BCUT2D eigenvalue weighted by atomic mass is 14.6. The first kappa shape index (κ1) is 15.6. The van der Waals surface area contributed by atoms with E-state index in [-0.39, 0.29) is 0 Å².